The van der Waals surface area contributed by atoms with Crippen molar-refractivity contribution in [1.29, 1.82) is 0 Å². The van der Waals surface area contributed by atoms with Crippen LogP contribution in [0.4, 0.5) is 0 Å². The molecule has 0 aliphatic heterocycles. The van der Waals surface area contributed by atoms with Gasteiger partial charge in [0.25, 0.3) is 0 Å². The Balaban J connectivity index is 2.92. The number of benzene rings is 1. The molecule has 1 aromatic carbocycles. The largest absolute Gasteiger partial charge is 0.496 e. The van der Waals surface area contributed by atoms with Gasteiger partial charge in [0.05, 0.1) is 7.11 Å². The lowest BCUT2D eigenvalue weighted by molar-refractivity contribution is -0.156. The summed E-state index contributed by atoms with van der Waals surface area (Å²) in [6.45, 7) is 6.84. The quantitative estimate of drug-likeness (QED) is 0.664. The maximum atomic E-state index is 11.9. The summed E-state index contributed by atoms with van der Waals surface area (Å²) < 4.78 is 10.5. The molecular weight excluding hydrogens is 270 g/mol. The fraction of sp³-hybridized carbons (Fsp3) is 0.500. The fourth-order valence-electron chi connectivity index (χ4n) is 1.85. The van der Waals surface area contributed by atoms with E-state index in [2.05, 4.69) is 0 Å². The molecule has 2 N–H and O–H groups in total. The Morgan fingerprint density at radius 1 is 1.29 bits per heavy atom. The molecule has 5 nitrogen and oxygen atoms in total. The van der Waals surface area contributed by atoms with Crippen molar-refractivity contribution in [2.24, 2.45) is 5.73 Å². The van der Waals surface area contributed by atoms with Gasteiger partial charge >= 0.3 is 5.97 Å². The summed E-state index contributed by atoms with van der Waals surface area (Å²) in [5.41, 5.74) is 6.58. The van der Waals surface area contributed by atoms with Crippen molar-refractivity contribution < 1.29 is 19.1 Å². The Morgan fingerprint density at radius 3 is 2.38 bits per heavy atom. The molecule has 0 aliphatic carbocycles. The van der Waals surface area contributed by atoms with Gasteiger partial charge in [-0.2, -0.15) is 0 Å². The van der Waals surface area contributed by atoms with E-state index in [-0.39, 0.29) is 12.2 Å². The van der Waals surface area contributed by atoms with Gasteiger partial charge < -0.3 is 15.2 Å². The number of rotatable bonds is 5. The fourth-order valence-corrected chi connectivity index (χ4v) is 1.85. The minimum Gasteiger partial charge on any atom is -0.496 e. The van der Waals surface area contributed by atoms with Crippen molar-refractivity contribution >= 4 is 11.8 Å². The van der Waals surface area contributed by atoms with Crippen molar-refractivity contribution in [3.05, 3.63) is 29.3 Å². The number of carbonyl (C=O) groups excluding carboxylic acids is 2. The summed E-state index contributed by atoms with van der Waals surface area (Å²) in [4.78, 5) is 23.4. The summed E-state index contributed by atoms with van der Waals surface area (Å²) >= 11 is 0. The molecule has 5 heteroatoms. The number of esters is 1. The number of Topliss-reactive ketones (excluding diaryl/α,β-unsaturated/α-hetero) is 1. The van der Waals surface area contributed by atoms with Crippen LogP contribution in [-0.2, 0) is 16.0 Å². The van der Waals surface area contributed by atoms with Crippen LogP contribution >= 0.6 is 0 Å². The topological polar surface area (TPSA) is 78.6 Å². The molecule has 0 saturated carbocycles. The van der Waals surface area contributed by atoms with Crippen LogP contribution in [0.5, 0.6) is 5.75 Å². The molecule has 0 saturated heterocycles. The zero-order valence-corrected chi connectivity index (χ0v) is 13.2. The Hall–Kier alpha value is -1.88. The summed E-state index contributed by atoms with van der Waals surface area (Å²) in [5.74, 6) is 0.0709. The van der Waals surface area contributed by atoms with Crippen LogP contribution < -0.4 is 10.5 Å². The van der Waals surface area contributed by atoms with Gasteiger partial charge in [-0.1, -0.05) is 0 Å². The molecule has 116 valence electrons. The number of ketones is 1. The first kappa shape index (κ1) is 17.2. The van der Waals surface area contributed by atoms with E-state index in [9.17, 15) is 9.59 Å². The summed E-state index contributed by atoms with van der Waals surface area (Å²) in [5, 5.41) is 0. The number of methoxy groups -OCH3 is 1. The first-order chi connectivity index (χ1) is 9.64. The second-order valence-corrected chi connectivity index (χ2v) is 5.93. The molecule has 0 aliphatic rings. The molecular formula is C16H23NO4. The van der Waals surface area contributed by atoms with E-state index in [4.69, 9.17) is 15.2 Å². The Kier molecular flexibility index (Phi) is 5.49. The molecule has 1 unspecified atom stereocenters. The number of nitrogens with two attached hydrogens (primary N) is 1. The average molecular weight is 293 g/mol. The first-order valence-electron chi connectivity index (χ1n) is 6.80. The lowest BCUT2D eigenvalue weighted by atomic mass is 10.0. The smallest absolute Gasteiger partial charge is 0.323 e. The molecule has 0 heterocycles. The van der Waals surface area contributed by atoms with Gasteiger partial charge in [0.15, 0.2) is 5.78 Å². The lowest BCUT2D eigenvalue weighted by Gasteiger charge is -2.22. The SMILES string of the molecule is COc1ccc(C(C)=O)cc1CC(N)C(=O)OC(C)(C)C. The van der Waals surface area contributed by atoms with E-state index in [0.29, 0.717) is 16.9 Å². The van der Waals surface area contributed by atoms with E-state index in [1.54, 1.807) is 39.0 Å². The van der Waals surface area contributed by atoms with E-state index < -0.39 is 17.6 Å². The third kappa shape index (κ3) is 5.19. The molecule has 1 atom stereocenters. The molecule has 0 amide bonds. The zero-order chi connectivity index (χ0) is 16.2. The summed E-state index contributed by atoms with van der Waals surface area (Å²) in [6, 6.07) is 4.28. The van der Waals surface area contributed by atoms with Crippen LogP contribution in [0, 0.1) is 0 Å². The highest BCUT2D eigenvalue weighted by Crippen LogP contribution is 2.22. The van der Waals surface area contributed by atoms with E-state index >= 15 is 0 Å². The van der Waals surface area contributed by atoms with Gasteiger partial charge in [-0.05, 0) is 51.5 Å². The number of hydrogen-bond acceptors (Lipinski definition) is 5. The standard InChI is InChI=1S/C16H23NO4/c1-10(18)11-6-7-14(20-5)12(8-11)9-13(17)15(19)21-16(2,3)4/h6-8,13H,9,17H2,1-5H3. The molecule has 0 aromatic heterocycles. The third-order valence-corrected chi connectivity index (χ3v) is 2.84. The monoisotopic (exact) mass is 293 g/mol. The van der Waals surface area contributed by atoms with Crippen molar-refractivity contribution in [3.63, 3.8) is 0 Å². The molecule has 0 bridgehead atoms. The average Bonchev–Trinajstić information content (AvgIpc) is 2.36. The molecule has 0 spiro atoms. The Labute approximate surface area is 125 Å². The molecule has 0 radical (unpaired) electrons. The van der Waals surface area contributed by atoms with Crippen LogP contribution in [0.1, 0.15) is 43.6 Å². The third-order valence-electron chi connectivity index (χ3n) is 2.84. The molecule has 0 fully saturated rings. The van der Waals surface area contributed by atoms with Gasteiger partial charge in [0.1, 0.15) is 17.4 Å². The van der Waals surface area contributed by atoms with Crippen molar-refractivity contribution in [1.82, 2.24) is 0 Å². The second-order valence-electron chi connectivity index (χ2n) is 5.93. The van der Waals surface area contributed by atoms with Crippen LogP contribution in [0.25, 0.3) is 0 Å². The summed E-state index contributed by atoms with van der Waals surface area (Å²) in [6.07, 6.45) is 0.249. The highest BCUT2D eigenvalue weighted by molar-refractivity contribution is 5.94. The van der Waals surface area contributed by atoms with Crippen molar-refractivity contribution in [2.45, 2.75) is 45.8 Å². The van der Waals surface area contributed by atoms with Gasteiger partial charge in [-0.3, -0.25) is 9.59 Å². The van der Waals surface area contributed by atoms with Crippen LogP contribution in [0.15, 0.2) is 18.2 Å². The highest BCUT2D eigenvalue weighted by atomic mass is 16.6. The molecule has 1 rings (SSSR count). The van der Waals surface area contributed by atoms with Gasteiger partial charge in [-0.25, -0.2) is 0 Å². The summed E-state index contributed by atoms with van der Waals surface area (Å²) in [7, 11) is 1.53. The predicted octanol–water partition coefficient (Wildman–Crippen LogP) is 2.11. The maximum absolute atomic E-state index is 11.9. The van der Waals surface area contributed by atoms with Crippen molar-refractivity contribution in [2.75, 3.05) is 7.11 Å². The van der Waals surface area contributed by atoms with Crippen LogP contribution in [0.2, 0.25) is 0 Å². The Morgan fingerprint density at radius 2 is 1.90 bits per heavy atom. The minimum atomic E-state index is -0.805. The lowest BCUT2D eigenvalue weighted by Crippen LogP contribution is -2.38. The van der Waals surface area contributed by atoms with Crippen LogP contribution in [-0.4, -0.2) is 30.5 Å². The number of hydrogen-bond donors (Lipinski definition) is 1. The number of carbonyl (C=O) groups is 2. The predicted molar refractivity (Wildman–Crippen MR) is 80.5 cm³/mol. The minimum absolute atomic E-state index is 0.0512. The van der Waals surface area contributed by atoms with E-state index in [1.165, 1.54) is 14.0 Å². The second kappa shape index (κ2) is 6.72. The number of ether oxygens (including phenoxy) is 2. The van der Waals surface area contributed by atoms with Gasteiger partial charge in [-0.15, -0.1) is 0 Å². The first-order valence-corrected chi connectivity index (χ1v) is 6.80. The van der Waals surface area contributed by atoms with Gasteiger partial charge in [0, 0.05) is 12.0 Å². The highest BCUT2D eigenvalue weighted by Gasteiger charge is 2.23. The molecule has 1 aromatic rings. The van der Waals surface area contributed by atoms with E-state index in [0.717, 1.165) is 0 Å². The maximum Gasteiger partial charge on any atom is 0.323 e. The normalized spacial score (nSPS) is 12.7. The molecule has 21 heavy (non-hydrogen) atoms. The van der Waals surface area contributed by atoms with Crippen LogP contribution in [0.3, 0.4) is 0 Å². The Bertz CT molecular complexity index is 532. The van der Waals surface area contributed by atoms with Gasteiger partial charge in [0.2, 0.25) is 0 Å². The van der Waals surface area contributed by atoms with E-state index in [1.807, 2.05) is 0 Å². The van der Waals surface area contributed by atoms with Crippen molar-refractivity contribution in [3.8, 4) is 5.75 Å². The zero-order valence-electron chi connectivity index (χ0n) is 13.2.